The molecule has 0 unspecified atom stereocenters. The third kappa shape index (κ3) is 9.04. The highest BCUT2D eigenvalue weighted by molar-refractivity contribution is 6.38. The molecule has 0 radical (unpaired) electrons. The molecule has 0 aromatic rings. The molecule has 2 aliphatic carbocycles. The van der Waals surface area contributed by atoms with Crippen LogP contribution in [-0.4, -0.2) is 85.0 Å². The van der Waals surface area contributed by atoms with Crippen LogP contribution < -0.4 is 16.0 Å². The maximum absolute atomic E-state index is 13.7. The van der Waals surface area contributed by atoms with Crippen molar-refractivity contribution >= 4 is 29.6 Å². The number of rotatable bonds is 11. The Bertz CT molecular complexity index is 929. The van der Waals surface area contributed by atoms with Crippen molar-refractivity contribution < 1.29 is 33.4 Å². The first kappa shape index (κ1) is 31.6. The van der Waals surface area contributed by atoms with Crippen molar-refractivity contribution in [1.29, 1.82) is 0 Å². The topological polar surface area (TPSA) is 143 Å². The van der Waals surface area contributed by atoms with Gasteiger partial charge in [-0.15, -0.1) is 0 Å². The highest BCUT2D eigenvalue weighted by Crippen LogP contribution is 2.29. The predicted molar refractivity (Wildman–Crippen MR) is 148 cm³/mol. The van der Waals surface area contributed by atoms with Gasteiger partial charge in [-0.25, -0.2) is 9.59 Å². The van der Waals surface area contributed by atoms with E-state index in [4.69, 9.17) is 9.47 Å². The summed E-state index contributed by atoms with van der Waals surface area (Å²) < 4.78 is 10.3. The van der Waals surface area contributed by atoms with Crippen molar-refractivity contribution in [3.05, 3.63) is 11.6 Å². The summed E-state index contributed by atoms with van der Waals surface area (Å²) in [5.41, 5.74) is -0.139. The number of Topliss-reactive ketones (excluding diaryl/α,β-unsaturated/α-hetero) is 1. The summed E-state index contributed by atoms with van der Waals surface area (Å²) in [6.07, 6.45) is 9.37. The second-order valence-corrected chi connectivity index (χ2v) is 11.0. The highest BCUT2D eigenvalue weighted by Gasteiger charge is 2.43. The second-order valence-electron chi connectivity index (χ2n) is 11.0. The van der Waals surface area contributed by atoms with Gasteiger partial charge in [0.05, 0.1) is 25.9 Å². The molecule has 11 heteroatoms. The van der Waals surface area contributed by atoms with E-state index in [1.165, 1.54) is 6.08 Å². The van der Waals surface area contributed by atoms with Crippen LogP contribution in [0.25, 0.3) is 0 Å². The molecule has 0 bridgehead atoms. The van der Waals surface area contributed by atoms with Crippen molar-refractivity contribution in [3.63, 3.8) is 0 Å². The standard InChI is InChI=1S/C29H46N4O7/c1-3-5-9-23(25(35)26(36)30-22-12-10-21(11-13-22)20-24(34)40-4-2)31-27(37)29(14-7-6-8-15-29)32-28(38)33-16-18-39-19-17-33/h20,22-23H,3-19H2,1-2H3,(H,30,36)(H,31,37)(H,32,38)/t22?,23-/m0/s1. The maximum atomic E-state index is 13.7. The lowest BCUT2D eigenvalue weighted by Gasteiger charge is -2.39. The van der Waals surface area contributed by atoms with Crippen molar-refractivity contribution in [2.24, 2.45) is 0 Å². The second kappa shape index (κ2) is 15.7. The molecule has 3 N–H and O–H groups in total. The van der Waals surface area contributed by atoms with E-state index in [1.807, 2.05) is 6.92 Å². The van der Waals surface area contributed by atoms with E-state index >= 15 is 0 Å². The van der Waals surface area contributed by atoms with Crippen molar-refractivity contribution in [2.45, 2.75) is 109 Å². The van der Waals surface area contributed by atoms with E-state index in [0.29, 0.717) is 84.3 Å². The lowest BCUT2D eigenvalue weighted by atomic mass is 9.80. The van der Waals surface area contributed by atoms with Gasteiger partial charge < -0.3 is 30.3 Å². The summed E-state index contributed by atoms with van der Waals surface area (Å²) in [5.74, 6) is -2.14. The zero-order valence-electron chi connectivity index (χ0n) is 24.1. The number of ether oxygens (including phenoxy) is 2. The van der Waals surface area contributed by atoms with Gasteiger partial charge in [0.25, 0.3) is 5.91 Å². The van der Waals surface area contributed by atoms with Gasteiger partial charge in [-0.05, 0) is 51.9 Å². The summed E-state index contributed by atoms with van der Waals surface area (Å²) in [4.78, 5) is 66.4. The normalized spacial score (nSPS) is 21.5. The molecule has 0 spiro atoms. The number of urea groups is 1. The van der Waals surface area contributed by atoms with Gasteiger partial charge in [-0.2, -0.15) is 0 Å². The van der Waals surface area contributed by atoms with Crippen LogP contribution in [-0.2, 0) is 28.7 Å². The highest BCUT2D eigenvalue weighted by atomic mass is 16.5. The van der Waals surface area contributed by atoms with Gasteiger partial charge in [0.15, 0.2) is 0 Å². The summed E-state index contributed by atoms with van der Waals surface area (Å²) in [6, 6.07) is -1.45. The number of carbonyl (C=O) groups excluding carboxylic acids is 5. The number of ketones is 1. The lowest BCUT2D eigenvalue weighted by Crippen LogP contribution is -2.64. The Hall–Kier alpha value is -2.95. The third-order valence-electron chi connectivity index (χ3n) is 8.05. The third-order valence-corrected chi connectivity index (χ3v) is 8.05. The molecule has 1 heterocycles. The molecule has 40 heavy (non-hydrogen) atoms. The Balaban J connectivity index is 1.62. The summed E-state index contributed by atoms with van der Waals surface area (Å²) >= 11 is 0. The largest absolute Gasteiger partial charge is 0.463 e. The average molecular weight is 563 g/mol. The molecular formula is C29H46N4O7. The molecule has 224 valence electrons. The fourth-order valence-corrected chi connectivity index (χ4v) is 5.63. The zero-order chi connectivity index (χ0) is 29.0. The molecule has 3 aliphatic rings. The molecule has 3 fully saturated rings. The fraction of sp³-hybridized carbons (Fsp3) is 0.759. The number of hydrogen-bond donors (Lipinski definition) is 3. The maximum Gasteiger partial charge on any atom is 0.330 e. The Morgan fingerprint density at radius 3 is 2.35 bits per heavy atom. The first-order chi connectivity index (χ1) is 19.3. The Morgan fingerprint density at radius 2 is 1.73 bits per heavy atom. The molecule has 3 rings (SSSR count). The van der Waals surface area contributed by atoms with Gasteiger partial charge in [-0.1, -0.05) is 44.6 Å². The van der Waals surface area contributed by atoms with Gasteiger partial charge >= 0.3 is 12.0 Å². The molecule has 0 aromatic carbocycles. The van der Waals surface area contributed by atoms with Crippen LogP contribution in [0.1, 0.15) is 90.9 Å². The van der Waals surface area contributed by atoms with Crippen LogP contribution in [0.5, 0.6) is 0 Å². The Morgan fingerprint density at radius 1 is 1.05 bits per heavy atom. The molecule has 0 aromatic heterocycles. The first-order valence-electron chi connectivity index (χ1n) is 14.9. The Labute approximate surface area is 237 Å². The summed E-state index contributed by atoms with van der Waals surface area (Å²) in [6.45, 7) is 5.90. The summed E-state index contributed by atoms with van der Waals surface area (Å²) in [7, 11) is 0. The number of esters is 1. The van der Waals surface area contributed by atoms with Gasteiger partial charge in [0.2, 0.25) is 11.7 Å². The van der Waals surface area contributed by atoms with Crippen LogP contribution in [0.3, 0.4) is 0 Å². The van der Waals surface area contributed by atoms with E-state index in [0.717, 1.165) is 31.3 Å². The minimum absolute atomic E-state index is 0.184. The molecule has 4 amide bonds. The van der Waals surface area contributed by atoms with Crippen LogP contribution >= 0.6 is 0 Å². The number of hydrogen-bond acceptors (Lipinski definition) is 7. The fourth-order valence-electron chi connectivity index (χ4n) is 5.63. The van der Waals surface area contributed by atoms with Crippen molar-refractivity contribution in [3.8, 4) is 0 Å². The van der Waals surface area contributed by atoms with Gasteiger partial charge in [0.1, 0.15) is 5.54 Å². The monoisotopic (exact) mass is 562 g/mol. The minimum atomic E-state index is -1.11. The van der Waals surface area contributed by atoms with E-state index < -0.39 is 29.2 Å². The molecule has 11 nitrogen and oxygen atoms in total. The first-order valence-corrected chi connectivity index (χ1v) is 14.9. The predicted octanol–water partition coefficient (Wildman–Crippen LogP) is 2.52. The smallest absolute Gasteiger partial charge is 0.330 e. The van der Waals surface area contributed by atoms with Crippen LogP contribution in [0.4, 0.5) is 4.79 Å². The van der Waals surface area contributed by atoms with E-state index in [-0.39, 0.29) is 18.0 Å². The number of carbonyl (C=O) groups is 5. The minimum Gasteiger partial charge on any atom is -0.463 e. The quantitative estimate of drug-likeness (QED) is 0.199. The number of allylic oxidation sites excluding steroid dienone is 1. The van der Waals surface area contributed by atoms with E-state index in [9.17, 15) is 24.0 Å². The van der Waals surface area contributed by atoms with Crippen molar-refractivity contribution in [1.82, 2.24) is 20.9 Å². The number of unbranched alkanes of at least 4 members (excludes halogenated alkanes) is 1. The Kier molecular flexibility index (Phi) is 12.4. The molecule has 1 aliphatic heterocycles. The number of nitrogens with one attached hydrogen (secondary N) is 3. The lowest BCUT2D eigenvalue weighted by molar-refractivity contribution is -0.141. The van der Waals surface area contributed by atoms with Gasteiger partial charge in [-0.3, -0.25) is 14.4 Å². The van der Waals surface area contributed by atoms with E-state index in [2.05, 4.69) is 16.0 Å². The van der Waals surface area contributed by atoms with Gasteiger partial charge in [0, 0.05) is 25.2 Å². The molecule has 2 saturated carbocycles. The van der Waals surface area contributed by atoms with Crippen molar-refractivity contribution in [2.75, 3.05) is 32.9 Å². The average Bonchev–Trinajstić information content (AvgIpc) is 2.96. The number of nitrogens with zero attached hydrogens (tertiary/aromatic N) is 1. The number of morpholine rings is 1. The van der Waals surface area contributed by atoms with Crippen LogP contribution in [0.2, 0.25) is 0 Å². The van der Waals surface area contributed by atoms with E-state index in [1.54, 1.807) is 11.8 Å². The SMILES string of the molecule is CCCC[C@H](NC(=O)C1(NC(=O)N2CCOCC2)CCCCC1)C(=O)C(=O)NC1CCC(=CC(=O)OCC)CC1. The zero-order valence-corrected chi connectivity index (χ0v) is 24.1. The molecule has 1 saturated heterocycles. The van der Waals surface area contributed by atoms with Crippen LogP contribution in [0, 0.1) is 0 Å². The molecular weight excluding hydrogens is 516 g/mol. The summed E-state index contributed by atoms with van der Waals surface area (Å²) in [5, 5.41) is 8.69. The van der Waals surface area contributed by atoms with Crippen LogP contribution in [0.15, 0.2) is 11.6 Å². The number of amides is 4. The molecule has 1 atom stereocenters.